The summed E-state index contributed by atoms with van der Waals surface area (Å²) in [7, 11) is 0. The second-order valence-electron chi connectivity index (χ2n) is 3.47. The van der Waals surface area contributed by atoms with Gasteiger partial charge in [-0.3, -0.25) is 0 Å². The summed E-state index contributed by atoms with van der Waals surface area (Å²) in [5.41, 5.74) is 1.90. The molecule has 0 atom stereocenters. The Morgan fingerprint density at radius 2 is 2.00 bits per heavy atom. The van der Waals surface area contributed by atoms with Crippen LogP contribution in [0.15, 0.2) is 42.5 Å². The van der Waals surface area contributed by atoms with Gasteiger partial charge in [0.1, 0.15) is 0 Å². The van der Waals surface area contributed by atoms with Crippen molar-refractivity contribution in [3.8, 4) is 11.5 Å². The van der Waals surface area contributed by atoms with Crippen molar-refractivity contribution in [2.75, 3.05) is 12.1 Å². The number of hydrogen-bond donors (Lipinski definition) is 1. The van der Waals surface area contributed by atoms with Gasteiger partial charge in [-0.05, 0) is 18.2 Å². The zero-order valence-electron chi connectivity index (χ0n) is 8.57. The van der Waals surface area contributed by atoms with Crippen LogP contribution in [-0.4, -0.2) is 6.79 Å². The lowest BCUT2D eigenvalue weighted by molar-refractivity contribution is 0.174. The lowest BCUT2D eigenvalue weighted by Crippen LogP contribution is -1.93. The lowest BCUT2D eigenvalue weighted by atomic mass is 10.2. The molecule has 0 bridgehead atoms. The Balaban J connectivity index is 1.86. The van der Waals surface area contributed by atoms with E-state index in [9.17, 15) is 0 Å². The highest BCUT2D eigenvalue weighted by Crippen LogP contribution is 2.34. The van der Waals surface area contributed by atoms with Crippen LogP contribution in [-0.2, 0) is 0 Å². The van der Waals surface area contributed by atoms with E-state index in [0.717, 1.165) is 22.9 Å². The van der Waals surface area contributed by atoms with Crippen LogP contribution in [0.1, 0.15) is 0 Å². The van der Waals surface area contributed by atoms with Crippen LogP contribution in [0.4, 0.5) is 11.4 Å². The third-order valence-corrected chi connectivity index (χ3v) is 2.36. The lowest BCUT2D eigenvalue weighted by Gasteiger charge is -2.06. The van der Waals surface area contributed by atoms with Crippen molar-refractivity contribution in [2.24, 2.45) is 0 Å². The molecule has 0 spiro atoms. The molecule has 0 amide bonds. The van der Waals surface area contributed by atoms with Gasteiger partial charge in [0.15, 0.2) is 11.5 Å². The molecule has 1 heterocycles. The van der Waals surface area contributed by atoms with E-state index in [1.807, 2.05) is 42.5 Å². The third-order valence-electron chi connectivity index (χ3n) is 2.36. The van der Waals surface area contributed by atoms with Gasteiger partial charge in [-0.1, -0.05) is 18.2 Å². The minimum Gasteiger partial charge on any atom is -0.454 e. The van der Waals surface area contributed by atoms with Gasteiger partial charge < -0.3 is 14.8 Å². The number of ether oxygens (including phenoxy) is 2. The third kappa shape index (κ3) is 1.67. The van der Waals surface area contributed by atoms with Crippen molar-refractivity contribution in [2.45, 2.75) is 0 Å². The maximum absolute atomic E-state index is 5.30. The van der Waals surface area contributed by atoms with Crippen LogP contribution in [0.25, 0.3) is 0 Å². The van der Waals surface area contributed by atoms with Gasteiger partial charge in [-0.2, -0.15) is 0 Å². The fourth-order valence-electron chi connectivity index (χ4n) is 1.60. The first-order valence-electron chi connectivity index (χ1n) is 5.05. The van der Waals surface area contributed by atoms with Gasteiger partial charge in [0, 0.05) is 23.5 Å². The topological polar surface area (TPSA) is 30.5 Å². The predicted octanol–water partition coefficient (Wildman–Crippen LogP) is 2.96. The zero-order chi connectivity index (χ0) is 10.8. The number of nitrogens with one attached hydrogen (secondary N) is 1. The number of para-hydroxylation sites is 1. The van der Waals surface area contributed by atoms with Crippen LogP contribution < -0.4 is 14.8 Å². The Morgan fingerprint density at radius 3 is 2.88 bits per heavy atom. The van der Waals surface area contributed by atoms with Gasteiger partial charge in [-0.25, -0.2) is 0 Å². The molecule has 0 saturated heterocycles. The molecule has 0 aromatic heterocycles. The fraction of sp³-hybridized carbons (Fsp3) is 0.0769. The molecule has 2 aromatic rings. The molecular weight excluding hydrogens is 202 g/mol. The number of benzene rings is 2. The van der Waals surface area contributed by atoms with Gasteiger partial charge in [0.05, 0.1) is 0 Å². The van der Waals surface area contributed by atoms with Crippen LogP contribution in [0.2, 0.25) is 0 Å². The molecule has 3 heteroatoms. The molecule has 0 saturated carbocycles. The molecular formula is C13H10NO2. The molecule has 0 fully saturated rings. The van der Waals surface area contributed by atoms with E-state index in [1.54, 1.807) is 0 Å². The van der Waals surface area contributed by atoms with Crippen molar-refractivity contribution in [1.29, 1.82) is 0 Å². The fourth-order valence-corrected chi connectivity index (χ4v) is 1.60. The van der Waals surface area contributed by atoms with Crippen molar-refractivity contribution < 1.29 is 9.47 Å². The van der Waals surface area contributed by atoms with Crippen molar-refractivity contribution in [3.05, 3.63) is 48.5 Å². The normalized spacial score (nSPS) is 12.5. The average molecular weight is 212 g/mol. The molecule has 1 radical (unpaired) electrons. The van der Waals surface area contributed by atoms with Crippen molar-refractivity contribution >= 4 is 11.4 Å². The molecule has 79 valence electrons. The van der Waals surface area contributed by atoms with Gasteiger partial charge in [-0.15, -0.1) is 0 Å². The number of rotatable bonds is 2. The van der Waals surface area contributed by atoms with E-state index in [0.29, 0.717) is 6.79 Å². The number of fused-ring (bicyclic) bond motifs is 1. The Hall–Kier alpha value is -2.16. The van der Waals surface area contributed by atoms with Crippen LogP contribution in [0.5, 0.6) is 11.5 Å². The molecule has 3 rings (SSSR count). The van der Waals surface area contributed by atoms with E-state index in [4.69, 9.17) is 9.47 Å². The smallest absolute Gasteiger partial charge is 0.231 e. The maximum atomic E-state index is 5.30. The highest BCUT2D eigenvalue weighted by Gasteiger charge is 2.12. The highest BCUT2D eigenvalue weighted by molar-refractivity contribution is 5.63. The molecule has 0 aliphatic carbocycles. The number of hydrogen-bond acceptors (Lipinski definition) is 3. The van der Waals surface area contributed by atoms with E-state index >= 15 is 0 Å². The minimum atomic E-state index is 0.302. The standard InChI is InChI=1S/C13H10NO2/c1-2-4-10(5-3-1)14-11-6-7-12-13(8-11)16-9-15-12/h1-4,6-8,14H,9H2. The minimum absolute atomic E-state index is 0.302. The summed E-state index contributed by atoms with van der Waals surface area (Å²) in [5, 5.41) is 3.24. The van der Waals surface area contributed by atoms with E-state index in [1.165, 1.54) is 0 Å². The molecule has 1 aliphatic heterocycles. The first kappa shape index (κ1) is 9.09. The summed E-state index contributed by atoms with van der Waals surface area (Å²) in [5.74, 6) is 1.57. The van der Waals surface area contributed by atoms with Gasteiger partial charge >= 0.3 is 0 Å². The largest absolute Gasteiger partial charge is 0.454 e. The average Bonchev–Trinajstić information content (AvgIpc) is 2.77. The molecule has 2 aromatic carbocycles. The summed E-state index contributed by atoms with van der Waals surface area (Å²) in [6.07, 6.45) is 0. The Kier molecular flexibility index (Phi) is 2.14. The summed E-state index contributed by atoms with van der Waals surface area (Å²) in [6.45, 7) is 0.302. The molecule has 1 N–H and O–H groups in total. The summed E-state index contributed by atoms with van der Waals surface area (Å²) in [6, 6.07) is 16.6. The van der Waals surface area contributed by atoms with E-state index in [2.05, 4.69) is 11.4 Å². The van der Waals surface area contributed by atoms with Crippen molar-refractivity contribution in [1.82, 2.24) is 0 Å². The second-order valence-corrected chi connectivity index (χ2v) is 3.47. The van der Waals surface area contributed by atoms with Crippen LogP contribution >= 0.6 is 0 Å². The number of anilines is 2. The highest BCUT2D eigenvalue weighted by atomic mass is 16.7. The Labute approximate surface area is 93.6 Å². The summed E-state index contributed by atoms with van der Waals surface area (Å²) in [4.78, 5) is 0. The molecule has 3 nitrogen and oxygen atoms in total. The van der Waals surface area contributed by atoms with Crippen LogP contribution in [0, 0.1) is 6.07 Å². The van der Waals surface area contributed by atoms with Gasteiger partial charge in [0.25, 0.3) is 0 Å². The molecule has 1 aliphatic rings. The summed E-state index contributed by atoms with van der Waals surface area (Å²) < 4.78 is 10.6. The Morgan fingerprint density at radius 1 is 1.06 bits per heavy atom. The van der Waals surface area contributed by atoms with Crippen LogP contribution in [0.3, 0.4) is 0 Å². The maximum Gasteiger partial charge on any atom is 0.231 e. The quantitative estimate of drug-likeness (QED) is 0.830. The summed E-state index contributed by atoms with van der Waals surface area (Å²) >= 11 is 0. The monoisotopic (exact) mass is 212 g/mol. The first-order chi connectivity index (χ1) is 7.92. The van der Waals surface area contributed by atoms with Gasteiger partial charge in [0.2, 0.25) is 6.79 Å². The van der Waals surface area contributed by atoms with E-state index in [-0.39, 0.29) is 0 Å². The first-order valence-corrected chi connectivity index (χ1v) is 5.05. The molecule has 0 unspecified atom stereocenters. The molecule has 16 heavy (non-hydrogen) atoms. The van der Waals surface area contributed by atoms with Crippen molar-refractivity contribution in [3.63, 3.8) is 0 Å². The predicted molar refractivity (Wildman–Crippen MR) is 61.1 cm³/mol. The van der Waals surface area contributed by atoms with E-state index < -0.39 is 0 Å². The SMILES string of the molecule is [c]1ccccc1Nc1ccc2c(c1)OCO2. The Bertz CT molecular complexity index is 497. The zero-order valence-corrected chi connectivity index (χ0v) is 8.57. The second kappa shape index (κ2) is 3.77.